The second-order valence-corrected chi connectivity index (χ2v) is 5.02. The molecule has 5 heteroatoms. The van der Waals surface area contributed by atoms with E-state index in [0.29, 0.717) is 4.47 Å². The Morgan fingerprint density at radius 1 is 1.50 bits per heavy atom. The molecular weight excluding hydrogens is 291 g/mol. The molecule has 2 aromatic rings. The molecule has 0 fully saturated rings. The van der Waals surface area contributed by atoms with Crippen molar-refractivity contribution in [1.82, 2.24) is 10.3 Å². The number of benzene rings is 1. The van der Waals surface area contributed by atoms with Gasteiger partial charge in [-0.05, 0) is 41.2 Å². The third-order valence-electron chi connectivity index (χ3n) is 2.08. The van der Waals surface area contributed by atoms with Crippen LogP contribution < -0.4 is 5.32 Å². The number of halogens is 2. The van der Waals surface area contributed by atoms with Gasteiger partial charge in [0.1, 0.15) is 10.8 Å². The fourth-order valence-electron chi connectivity index (χ4n) is 1.33. The molecule has 0 atom stereocenters. The van der Waals surface area contributed by atoms with Gasteiger partial charge in [-0.1, -0.05) is 0 Å². The van der Waals surface area contributed by atoms with Crippen LogP contribution in [-0.2, 0) is 6.54 Å². The van der Waals surface area contributed by atoms with Crippen molar-refractivity contribution in [2.75, 3.05) is 7.05 Å². The van der Waals surface area contributed by atoms with Crippen LogP contribution in [0.5, 0.6) is 0 Å². The summed E-state index contributed by atoms with van der Waals surface area (Å²) in [5.41, 5.74) is 1.93. The van der Waals surface area contributed by atoms with Crippen LogP contribution in [0.15, 0.2) is 28.1 Å². The number of rotatable bonds is 3. The molecule has 0 radical (unpaired) electrons. The molecule has 0 aliphatic rings. The van der Waals surface area contributed by atoms with Crippen molar-refractivity contribution in [3.63, 3.8) is 0 Å². The number of thiazole rings is 1. The first kappa shape index (κ1) is 11.7. The van der Waals surface area contributed by atoms with Gasteiger partial charge in [-0.3, -0.25) is 0 Å². The lowest BCUT2D eigenvalue weighted by Gasteiger charge is -1.98. The van der Waals surface area contributed by atoms with E-state index in [-0.39, 0.29) is 5.82 Å². The average molecular weight is 301 g/mol. The molecule has 1 aromatic carbocycles. The lowest BCUT2D eigenvalue weighted by atomic mass is 10.2. The van der Waals surface area contributed by atoms with Crippen molar-refractivity contribution in [3.8, 4) is 10.6 Å². The Morgan fingerprint density at radius 2 is 2.31 bits per heavy atom. The molecule has 0 saturated carbocycles. The molecule has 0 spiro atoms. The van der Waals surface area contributed by atoms with E-state index in [1.807, 2.05) is 12.4 Å². The van der Waals surface area contributed by atoms with Gasteiger partial charge in [0.25, 0.3) is 0 Å². The zero-order valence-corrected chi connectivity index (χ0v) is 11.0. The Labute approximate surface area is 106 Å². The van der Waals surface area contributed by atoms with Crippen LogP contribution >= 0.6 is 27.3 Å². The summed E-state index contributed by atoms with van der Waals surface area (Å²) in [6, 6.07) is 4.93. The number of nitrogens with one attached hydrogen (secondary N) is 1. The summed E-state index contributed by atoms with van der Waals surface area (Å²) in [5, 5.41) is 5.96. The predicted molar refractivity (Wildman–Crippen MR) is 68.0 cm³/mol. The van der Waals surface area contributed by atoms with Crippen LogP contribution in [0.1, 0.15) is 5.69 Å². The SMILES string of the molecule is CNCc1csc(-c2ccc(F)c(Br)c2)n1. The summed E-state index contributed by atoms with van der Waals surface area (Å²) in [6.45, 7) is 0.749. The summed E-state index contributed by atoms with van der Waals surface area (Å²) in [4.78, 5) is 4.45. The van der Waals surface area contributed by atoms with Crippen molar-refractivity contribution in [2.24, 2.45) is 0 Å². The van der Waals surface area contributed by atoms with E-state index in [0.717, 1.165) is 22.8 Å². The molecule has 0 aliphatic carbocycles. The number of nitrogens with zero attached hydrogens (tertiary/aromatic N) is 1. The van der Waals surface area contributed by atoms with E-state index in [2.05, 4.69) is 26.2 Å². The molecular formula is C11H10BrFN2S. The smallest absolute Gasteiger partial charge is 0.137 e. The van der Waals surface area contributed by atoms with Crippen molar-refractivity contribution in [1.29, 1.82) is 0 Å². The lowest BCUT2D eigenvalue weighted by molar-refractivity contribution is 0.621. The number of hydrogen-bond donors (Lipinski definition) is 1. The van der Waals surface area contributed by atoms with Crippen molar-refractivity contribution < 1.29 is 4.39 Å². The topological polar surface area (TPSA) is 24.9 Å². The highest BCUT2D eigenvalue weighted by molar-refractivity contribution is 9.10. The van der Waals surface area contributed by atoms with E-state index in [9.17, 15) is 4.39 Å². The van der Waals surface area contributed by atoms with Crippen molar-refractivity contribution in [2.45, 2.75) is 6.54 Å². The highest BCUT2D eigenvalue weighted by Crippen LogP contribution is 2.27. The number of aromatic nitrogens is 1. The molecule has 0 amide bonds. The molecule has 16 heavy (non-hydrogen) atoms. The quantitative estimate of drug-likeness (QED) is 0.939. The first-order valence-electron chi connectivity index (χ1n) is 4.75. The van der Waals surface area contributed by atoms with Crippen LogP contribution in [0.25, 0.3) is 10.6 Å². The third-order valence-corrected chi connectivity index (χ3v) is 3.62. The fraction of sp³-hybridized carbons (Fsp3) is 0.182. The summed E-state index contributed by atoms with van der Waals surface area (Å²) >= 11 is 4.73. The minimum Gasteiger partial charge on any atom is -0.314 e. The Bertz CT molecular complexity index is 498. The first-order valence-corrected chi connectivity index (χ1v) is 6.42. The van der Waals surface area contributed by atoms with Crippen molar-refractivity contribution in [3.05, 3.63) is 39.6 Å². The monoisotopic (exact) mass is 300 g/mol. The van der Waals surface area contributed by atoms with Gasteiger partial charge in [0.2, 0.25) is 0 Å². The average Bonchev–Trinajstić information content (AvgIpc) is 2.71. The van der Waals surface area contributed by atoms with Crippen LogP contribution in [0.4, 0.5) is 4.39 Å². The van der Waals surface area contributed by atoms with Crippen LogP contribution in [-0.4, -0.2) is 12.0 Å². The fourth-order valence-corrected chi connectivity index (χ4v) is 2.53. The van der Waals surface area contributed by atoms with Gasteiger partial charge in [-0.2, -0.15) is 0 Å². The van der Waals surface area contributed by atoms with Crippen LogP contribution in [0.2, 0.25) is 0 Å². The first-order chi connectivity index (χ1) is 7.70. The third kappa shape index (κ3) is 2.48. The molecule has 0 bridgehead atoms. The summed E-state index contributed by atoms with van der Waals surface area (Å²) < 4.78 is 13.5. The van der Waals surface area contributed by atoms with E-state index in [1.54, 1.807) is 23.5 Å². The summed E-state index contributed by atoms with van der Waals surface area (Å²) in [5.74, 6) is -0.254. The van der Waals surface area contributed by atoms with Gasteiger partial charge >= 0.3 is 0 Å². The van der Waals surface area contributed by atoms with Gasteiger partial charge in [0.05, 0.1) is 10.2 Å². The largest absolute Gasteiger partial charge is 0.314 e. The lowest BCUT2D eigenvalue weighted by Crippen LogP contribution is -2.04. The van der Waals surface area contributed by atoms with E-state index in [4.69, 9.17) is 0 Å². The summed E-state index contributed by atoms with van der Waals surface area (Å²) in [7, 11) is 1.88. The maximum Gasteiger partial charge on any atom is 0.137 e. The Kier molecular flexibility index (Phi) is 3.68. The highest BCUT2D eigenvalue weighted by Gasteiger charge is 2.06. The van der Waals surface area contributed by atoms with Crippen LogP contribution in [0, 0.1) is 5.82 Å². The highest BCUT2D eigenvalue weighted by atomic mass is 79.9. The second-order valence-electron chi connectivity index (χ2n) is 3.30. The van der Waals surface area contributed by atoms with Gasteiger partial charge in [-0.15, -0.1) is 11.3 Å². The zero-order valence-electron chi connectivity index (χ0n) is 8.63. The maximum atomic E-state index is 13.1. The zero-order chi connectivity index (χ0) is 11.5. The normalized spacial score (nSPS) is 10.7. The van der Waals surface area contributed by atoms with E-state index >= 15 is 0 Å². The number of hydrogen-bond acceptors (Lipinski definition) is 3. The van der Waals surface area contributed by atoms with E-state index in [1.165, 1.54) is 6.07 Å². The maximum absolute atomic E-state index is 13.1. The Hall–Kier alpha value is -0.780. The molecule has 0 unspecified atom stereocenters. The molecule has 84 valence electrons. The molecule has 1 N–H and O–H groups in total. The van der Waals surface area contributed by atoms with Crippen molar-refractivity contribution >= 4 is 27.3 Å². The second kappa shape index (κ2) is 5.03. The minimum absolute atomic E-state index is 0.254. The Morgan fingerprint density at radius 3 is 3.00 bits per heavy atom. The van der Waals surface area contributed by atoms with Gasteiger partial charge < -0.3 is 5.32 Å². The molecule has 0 saturated heterocycles. The molecule has 1 aromatic heterocycles. The molecule has 2 rings (SSSR count). The van der Waals surface area contributed by atoms with Crippen LogP contribution in [0.3, 0.4) is 0 Å². The minimum atomic E-state index is -0.254. The predicted octanol–water partition coefficient (Wildman–Crippen LogP) is 3.43. The van der Waals surface area contributed by atoms with Gasteiger partial charge in [0, 0.05) is 17.5 Å². The molecule has 2 nitrogen and oxygen atoms in total. The van der Waals surface area contributed by atoms with E-state index < -0.39 is 0 Å². The van der Waals surface area contributed by atoms with Gasteiger partial charge in [-0.25, -0.2) is 9.37 Å². The molecule has 1 heterocycles. The van der Waals surface area contributed by atoms with Gasteiger partial charge in [0.15, 0.2) is 0 Å². The standard InChI is InChI=1S/C11H10BrFN2S/c1-14-5-8-6-16-11(15-8)7-2-3-10(13)9(12)4-7/h2-4,6,14H,5H2,1H3. The Balaban J connectivity index is 2.31. The summed E-state index contributed by atoms with van der Waals surface area (Å²) in [6.07, 6.45) is 0. The molecule has 0 aliphatic heterocycles.